The molecule has 2 aromatic carbocycles. The molecule has 0 saturated heterocycles. The van der Waals surface area contributed by atoms with Crippen LogP contribution in [0.5, 0.6) is 0 Å². The van der Waals surface area contributed by atoms with Gasteiger partial charge in [0.15, 0.2) is 5.52 Å². The first-order valence-corrected chi connectivity index (χ1v) is 7.53. The van der Waals surface area contributed by atoms with E-state index in [2.05, 4.69) is 20.9 Å². The largest absolute Gasteiger partial charge is 0.710 e. The lowest BCUT2D eigenvalue weighted by Gasteiger charge is -2.13. The topological polar surface area (TPSA) is 39.8 Å². The van der Waals surface area contributed by atoms with Crippen molar-refractivity contribution in [1.29, 1.82) is 0 Å². The van der Waals surface area contributed by atoms with Gasteiger partial charge in [0, 0.05) is 10.6 Å². The van der Waals surface area contributed by atoms with Gasteiger partial charge >= 0.3 is 5.82 Å². The Morgan fingerprint density at radius 2 is 1.90 bits per heavy atom. The van der Waals surface area contributed by atoms with E-state index in [-0.39, 0.29) is 0 Å². The summed E-state index contributed by atoms with van der Waals surface area (Å²) in [7, 11) is 0. The van der Waals surface area contributed by atoms with Crippen LogP contribution in [0.1, 0.15) is 5.82 Å². The van der Waals surface area contributed by atoms with Gasteiger partial charge in [0.25, 0.3) is 0 Å². The molecule has 3 aromatic rings. The molecule has 0 atom stereocenters. The summed E-state index contributed by atoms with van der Waals surface area (Å²) in [5.41, 5.74) is 2.18. The van der Waals surface area contributed by atoms with Gasteiger partial charge in [-0.05, 0) is 23.2 Å². The Labute approximate surface area is 129 Å². The van der Waals surface area contributed by atoms with Crippen molar-refractivity contribution >= 4 is 38.4 Å². The van der Waals surface area contributed by atoms with Gasteiger partial charge in [0.05, 0.1) is 5.39 Å². The van der Waals surface area contributed by atoms with Gasteiger partial charge < -0.3 is 5.21 Å². The Kier molecular flexibility index (Phi) is 3.59. The summed E-state index contributed by atoms with van der Waals surface area (Å²) >= 11 is 9.36. The Hall–Kier alpha value is -1.65. The number of hydrogen-bond donors (Lipinski definition) is 0. The summed E-state index contributed by atoms with van der Waals surface area (Å²) in [5.74, 6) is 0.429. The Bertz CT molecular complexity index is 778. The highest BCUT2D eigenvalue weighted by atomic mass is 79.9. The number of aromatic nitrogens is 2. The molecule has 3 rings (SSSR count). The third-order valence-electron chi connectivity index (χ3n) is 3.07. The summed E-state index contributed by atoms with van der Waals surface area (Å²) in [5, 5.41) is 14.2. The molecule has 0 radical (unpaired) electrons. The first-order chi connectivity index (χ1) is 9.70. The molecule has 0 saturated carbocycles. The molecule has 0 N–H and O–H groups in total. The van der Waals surface area contributed by atoms with Gasteiger partial charge in [0.1, 0.15) is 11.0 Å². The molecule has 0 aliphatic heterocycles. The maximum Gasteiger partial charge on any atom is 0.313 e. The summed E-state index contributed by atoms with van der Waals surface area (Å²) in [6.07, 6.45) is 0. The van der Waals surface area contributed by atoms with Crippen molar-refractivity contribution in [1.82, 2.24) is 4.98 Å². The van der Waals surface area contributed by atoms with Gasteiger partial charge in [-0.2, -0.15) is 0 Å². The molecule has 0 aliphatic rings. The zero-order valence-electron chi connectivity index (χ0n) is 10.4. The Morgan fingerprint density at radius 3 is 2.60 bits per heavy atom. The van der Waals surface area contributed by atoms with Crippen molar-refractivity contribution in [3.8, 4) is 11.3 Å². The Balaban J connectivity index is 2.43. The minimum absolute atomic E-state index is 0.398. The standard InChI is InChI=1S/C15H10BrClN2O/c16-9-14-18-13-7-6-11(17)8-12(13)15(19(14)20)10-4-2-1-3-5-10/h1-8H,9H2. The maximum atomic E-state index is 12.5. The molecule has 0 spiro atoms. The number of rotatable bonds is 2. The summed E-state index contributed by atoms with van der Waals surface area (Å²) < 4.78 is 0.864. The molecule has 5 heteroatoms. The number of nitrogens with zero attached hydrogens (tertiary/aromatic N) is 2. The van der Waals surface area contributed by atoms with Gasteiger partial charge in [0.2, 0.25) is 0 Å². The van der Waals surface area contributed by atoms with E-state index in [1.54, 1.807) is 12.1 Å². The van der Waals surface area contributed by atoms with E-state index in [9.17, 15) is 5.21 Å². The number of hydrogen-bond acceptors (Lipinski definition) is 2. The molecule has 1 aromatic heterocycles. The van der Waals surface area contributed by atoms with Crippen molar-refractivity contribution in [2.75, 3.05) is 0 Å². The average molecular weight is 350 g/mol. The molecule has 3 nitrogen and oxygen atoms in total. The zero-order valence-corrected chi connectivity index (χ0v) is 12.7. The normalized spacial score (nSPS) is 10.9. The fraction of sp³-hybridized carbons (Fsp3) is 0.0667. The van der Waals surface area contributed by atoms with Crippen LogP contribution in [0.25, 0.3) is 22.2 Å². The van der Waals surface area contributed by atoms with Crippen LogP contribution in [0.4, 0.5) is 0 Å². The minimum atomic E-state index is 0.398. The highest BCUT2D eigenvalue weighted by Gasteiger charge is 2.18. The molecule has 0 bridgehead atoms. The van der Waals surface area contributed by atoms with E-state index in [0.29, 0.717) is 21.9 Å². The van der Waals surface area contributed by atoms with Gasteiger partial charge in [-0.1, -0.05) is 57.9 Å². The minimum Gasteiger partial charge on any atom is -0.710 e. The van der Waals surface area contributed by atoms with Crippen molar-refractivity contribution in [3.63, 3.8) is 0 Å². The quantitative estimate of drug-likeness (QED) is 0.397. The fourth-order valence-corrected chi connectivity index (χ4v) is 2.70. The third-order valence-corrected chi connectivity index (χ3v) is 3.80. The fourth-order valence-electron chi connectivity index (χ4n) is 2.17. The van der Waals surface area contributed by atoms with Crippen LogP contribution in [0.15, 0.2) is 48.5 Å². The van der Waals surface area contributed by atoms with Crippen LogP contribution in [-0.2, 0) is 5.33 Å². The highest BCUT2D eigenvalue weighted by molar-refractivity contribution is 9.08. The molecule has 0 fully saturated rings. The van der Waals surface area contributed by atoms with Crippen LogP contribution >= 0.6 is 27.5 Å². The second-order valence-corrected chi connectivity index (χ2v) is 5.33. The maximum absolute atomic E-state index is 12.5. The molecular formula is C15H10BrClN2O. The number of fused-ring (bicyclic) bond motifs is 1. The number of benzene rings is 2. The van der Waals surface area contributed by atoms with Crippen molar-refractivity contribution in [2.45, 2.75) is 5.33 Å². The molecule has 20 heavy (non-hydrogen) atoms. The average Bonchev–Trinajstić information content (AvgIpc) is 2.47. The van der Waals surface area contributed by atoms with Gasteiger partial charge in [-0.25, -0.2) is 4.73 Å². The van der Waals surface area contributed by atoms with Gasteiger partial charge in [-0.15, -0.1) is 0 Å². The lowest BCUT2D eigenvalue weighted by molar-refractivity contribution is -0.603. The molecule has 0 unspecified atom stereocenters. The van der Waals surface area contributed by atoms with Crippen LogP contribution < -0.4 is 4.73 Å². The molecule has 0 aliphatic carbocycles. The lowest BCUT2D eigenvalue weighted by Crippen LogP contribution is -2.35. The SMILES string of the molecule is [O-][n+]1c(CBr)nc2ccc(Cl)cc2c1-c1ccccc1. The van der Waals surface area contributed by atoms with Crippen LogP contribution in [-0.4, -0.2) is 4.98 Å². The van der Waals surface area contributed by atoms with Crippen molar-refractivity contribution in [2.24, 2.45) is 0 Å². The van der Waals surface area contributed by atoms with E-state index in [0.717, 1.165) is 21.2 Å². The van der Waals surface area contributed by atoms with Crippen LogP contribution in [0, 0.1) is 5.21 Å². The smallest absolute Gasteiger partial charge is 0.313 e. The van der Waals surface area contributed by atoms with Crippen molar-refractivity contribution < 1.29 is 4.73 Å². The van der Waals surface area contributed by atoms with Crippen LogP contribution in [0.3, 0.4) is 0 Å². The number of halogens is 2. The Morgan fingerprint density at radius 1 is 1.15 bits per heavy atom. The van der Waals surface area contributed by atoms with E-state index in [1.165, 1.54) is 0 Å². The molecular weight excluding hydrogens is 340 g/mol. The zero-order chi connectivity index (χ0) is 14.1. The predicted molar refractivity (Wildman–Crippen MR) is 83.8 cm³/mol. The van der Waals surface area contributed by atoms with E-state index < -0.39 is 0 Å². The van der Waals surface area contributed by atoms with Crippen molar-refractivity contribution in [3.05, 3.63) is 64.6 Å². The molecule has 100 valence electrons. The monoisotopic (exact) mass is 348 g/mol. The second kappa shape index (κ2) is 5.38. The molecule has 0 amide bonds. The molecule has 1 heterocycles. The van der Waals surface area contributed by atoms with E-state index in [1.807, 2.05) is 36.4 Å². The van der Waals surface area contributed by atoms with E-state index >= 15 is 0 Å². The van der Waals surface area contributed by atoms with Gasteiger partial charge in [-0.3, -0.25) is 0 Å². The predicted octanol–water partition coefficient (Wildman–Crippen LogP) is 4.08. The second-order valence-electron chi connectivity index (χ2n) is 4.33. The summed E-state index contributed by atoms with van der Waals surface area (Å²) in [4.78, 5) is 4.37. The first kappa shape index (κ1) is 13.3. The summed E-state index contributed by atoms with van der Waals surface area (Å²) in [6, 6.07) is 14.9. The van der Waals surface area contributed by atoms with E-state index in [4.69, 9.17) is 11.6 Å². The number of alkyl halides is 1. The third kappa shape index (κ3) is 2.25. The van der Waals surface area contributed by atoms with Crippen LogP contribution in [0.2, 0.25) is 5.02 Å². The first-order valence-electron chi connectivity index (χ1n) is 6.04. The summed E-state index contributed by atoms with van der Waals surface area (Å²) in [6.45, 7) is 0. The highest BCUT2D eigenvalue weighted by Crippen LogP contribution is 2.27. The lowest BCUT2D eigenvalue weighted by atomic mass is 10.1.